The van der Waals surface area contributed by atoms with Crippen LogP contribution in [0.4, 0.5) is 13.2 Å². The van der Waals surface area contributed by atoms with Gasteiger partial charge in [0.25, 0.3) is 0 Å². The Hall–Kier alpha value is -2.06. The molecule has 0 atom stereocenters. The number of carbonyl (C=O) groups is 1. The van der Waals surface area contributed by atoms with E-state index in [0.717, 1.165) is 23.3 Å². The molecule has 1 aromatic heterocycles. The third-order valence-electron chi connectivity index (χ3n) is 4.90. The van der Waals surface area contributed by atoms with E-state index in [9.17, 15) is 23.1 Å². The Balaban J connectivity index is 2.10. The molecule has 0 bridgehead atoms. The van der Waals surface area contributed by atoms with Crippen molar-refractivity contribution in [2.24, 2.45) is 5.41 Å². The normalized spacial score (nSPS) is 15.9. The molecule has 1 heterocycles. The van der Waals surface area contributed by atoms with Crippen molar-refractivity contribution in [1.82, 2.24) is 5.32 Å². The van der Waals surface area contributed by atoms with Crippen LogP contribution in [-0.2, 0) is 19.4 Å². The quantitative estimate of drug-likeness (QED) is 0.703. The smallest absolute Gasteiger partial charge is 0.478 e. The molecule has 4 nitrogen and oxygen atoms in total. The number of hydrogen-bond donors (Lipinski definition) is 2. The van der Waals surface area contributed by atoms with Crippen molar-refractivity contribution in [1.29, 1.82) is 0 Å². The Kier molecular flexibility index (Phi) is 5.46. The topological polar surface area (TPSA) is 58.6 Å². The number of ether oxygens (including phenoxy) is 1. The van der Waals surface area contributed by atoms with Crippen molar-refractivity contribution < 1.29 is 27.8 Å². The van der Waals surface area contributed by atoms with Crippen LogP contribution in [0.25, 0.3) is 10.4 Å². The zero-order chi connectivity index (χ0) is 20.7. The fourth-order valence-corrected chi connectivity index (χ4v) is 4.93. The van der Waals surface area contributed by atoms with Gasteiger partial charge in [0.1, 0.15) is 5.75 Å². The molecule has 1 aliphatic carbocycles. The van der Waals surface area contributed by atoms with Crippen LogP contribution in [0.1, 0.15) is 46.6 Å². The molecule has 28 heavy (non-hydrogen) atoms. The molecule has 0 amide bonds. The summed E-state index contributed by atoms with van der Waals surface area (Å²) in [6.45, 7) is 4.40. The molecule has 2 aromatic rings. The first-order valence-electron chi connectivity index (χ1n) is 8.92. The molecule has 0 saturated carbocycles. The molecule has 0 saturated heterocycles. The molecule has 1 aromatic carbocycles. The van der Waals surface area contributed by atoms with Gasteiger partial charge in [-0.1, -0.05) is 13.8 Å². The molecule has 8 heteroatoms. The molecular weight excluding hydrogens is 391 g/mol. The first kappa shape index (κ1) is 20.7. The van der Waals surface area contributed by atoms with Crippen LogP contribution in [0.5, 0.6) is 5.75 Å². The lowest BCUT2D eigenvalue weighted by Gasteiger charge is -2.29. The van der Waals surface area contributed by atoms with Crippen LogP contribution in [-0.4, -0.2) is 24.5 Å². The molecular formula is C20H22F3NO3S. The van der Waals surface area contributed by atoms with Gasteiger partial charge < -0.3 is 15.2 Å². The number of fused-ring (bicyclic) bond motifs is 1. The third-order valence-corrected chi connectivity index (χ3v) is 6.25. The number of alkyl halides is 3. The number of hydrogen-bond acceptors (Lipinski definition) is 4. The minimum absolute atomic E-state index is 0.0250. The van der Waals surface area contributed by atoms with Crippen LogP contribution in [0.15, 0.2) is 18.2 Å². The molecule has 0 fully saturated rings. The average molecular weight is 413 g/mol. The summed E-state index contributed by atoms with van der Waals surface area (Å²) in [4.78, 5) is 13.7. The molecule has 2 N–H and O–H groups in total. The molecule has 0 spiro atoms. The van der Waals surface area contributed by atoms with E-state index in [-0.39, 0.29) is 23.3 Å². The number of aromatic carboxylic acids is 1. The van der Waals surface area contributed by atoms with Gasteiger partial charge in [0, 0.05) is 21.9 Å². The predicted octanol–water partition coefficient (Wildman–Crippen LogP) is 5.25. The highest BCUT2D eigenvalue weighted by molar-refractivity contribution is 7.16. The molecule has 1 aliphatic rings. The number of halogens is 3. The maximum atomic E-state index is 12.7. The van der Waals surface area contributed by atoms with Gasteiger partial charge in [-0.2, -0.15) is 0 Å². The van der Waals surface area contributed by atoms with E-state index in [0.29, 0.717) is 22.4 Å². The largest absolute Gasteiger partial charge is 0.573 e. The van der Waals surface area contributed by atoms with Crippen molar-refractivity contribution in [3.05, 3.63) is 39.8 Å². The Morgan fingerprint density at radius 3 is 2.68 bits per heavy atom. The van der Waals surface area contributed by atoms with Crippen LogP contribution in [0, 0.1) is 5.41 Å². The predicted molar refractivity (Wildman–Crippen MR) is 102 cm³/mol. The Bertz CT molecular complexity index is 903. The summed E-state index contributed by atoms with van der Waals surface area (Å²) >= 11 is 1.43. The summed E-state index contributed by atoms with van der Waals surface area (Å²) in [5.74, 6) is -1.29. The monoisotopic (exact) mass is 413 g/mol. The van der Waals surface area contributed by atoms with Crippen LogP contribution in [0.3, 0.4) is 0 Å². The summed E-state index contributed by atoms with van der Waals surface area (Å²) in [5.41, 5.74) is 2.06. The Morgan fingerprint density at radius 2 is 2.07 bits per heavy atom. The van der Waals surface area contributed by atoms with Gasteiger partial charge in [-0.05, 0) is 61.1 Å². The summed E-state index contributed by atoms with van der Waals surface area (Å²) < 4.78 is 42.1. The molecule has 0 unspecified atom stereocenters. The zero-order valence-corrected chi connectivity index (χ0v) is 16.7. The van der Waals surface area contributed by atoms with Crippen molar-refractivity contribution >= 4 is 17.3 Å². The van der Waals surface area contributed by atoms with E-state index in [1.54, 1.807) is 13.1 Å². The van der Waals surface area contributed by atoms with Gasteiger partial charge >= 0.3 is 12.3 Å². The van der Waals surface area contributed by atoms with Crippen molar-refractivity contribution in [2.45, 2.75) is 46.0 Å². The Labute approximate surface area is 165 Å². The summed E-state index contributed by atoms with van der Waals surface area (Å²) in [5, 5.41) is 12.7. The first-order valence-corrected chi connectivity index (χ1v) is 9.74. The second kappa shape index (κ2) is 7.40. The van der Waals surface area contributed by atoms with Crippen LogP contribution < -0.4 is 10.1 Å². The van der Waals surface area contributed by atoms with E-state index in [1.165, 1.54) is 23.5 Å². The lowest BCUT2D eigenvalue weighted by atomic mass is 9.76. The molecule has 0 aliphatic heterocycles. The maximum Gasteiger partial charge on any atom is 0.573 e. The number of thiophene rings is 1. The average Bonchev–Trinajstić information content (AvgIpc) is 2.92. The first-order chi connectivity index (χ1) is 13.0. The number of carboxylic acids is 1. The van der Waals surface area contributed by atoms with E-state index in [1.807, 2.05) is 0 Å². The molecule has 152 valence electrons. The number of aryl methyl sites for hydroxylation is 1. The van der Waals surface area contributed by atoms with E-state index >= 15 is 0 Å². The molecule has 3 rings (SSSR count). The standard InChI is InChI=1S/C20H22F3NO3S/c1-19(2)7-6-15-13(9-19)16(18(25)26)17(28-15)11-4-5-14(27-20(21,22)23)12(8-11)10-24-3/h4-5,8,24H,6-7,9-10H2,1-3H3,(H,25,26). The van der Waals surface area contributed by atoms with Gasteiger partial charge in [-0.25, -0.2) is 4.79 Å². The third kappa shape index (κ3) is 4.33. The summed E-state index contributed by atoms with van der Waals surface area (Å²) in [6, 6.07) is 4.32. The lowest BCUT2D eigenvalue weighted by Crippen LogP contribution is -2.22. The summed E-state index contributed by atoms with van der Waals surface area (Å²) in [7, 11) is 1.62. The number of benzene rings is 1. The van der Waals surface area contributed by atoms with Gasteiger partial charge in [-0.15, -0.1) is 24.5 Å². The van der Waals surface area contributed by atoms with Crippen LogP contribution >= 0.6 is 11.3 Å². The minimum Gasteiger partial charge on any atom is -0.478 e. The highest BCUT2D eigenvalue weighted by Crippen LogP contribution is 2.45. The second-order valence-corrected chi connectivity index (χ2v) is 8.86. The number of nitrogens with one attached hydrogen (secondary N) is 1. The number of rotatable bonds is 5. The lowest BCUT2D eigenvalue weighted by molar-refractivity contribution is -0.274. The maximum absolute atomic E-state index is 12.7. The minimum atomic E-state index is -4.79. The van der Waals surface area contributed by atoms with Crippen molar-refractivity contribution in [2.75, 3.05) is 7.05 Å². The van der Waals surface area contributed by atoms with Crippen molar-refractivity contribution in [3.8, 4) is 16.2 Å². The highest BCUT2D eigenvalue weighted by Gasteiger charge is 2.34. The van der Waals surface area contributed by atoms with E-state index < -0.39 is 12.3 Å². The van der Waals surface area contributed by atoms with E-state index in [4.69, 9.17) is 0 Å². The Morgan fingerprint density at radius 1 is 1.36 bits per heavy atom. The molecule has 0 radical (unpaired) electrons. The van der Waals surface area contributed by atoms with Gasteiger partial charge in [-0.3, -0.25) is 0 Å². The second-order valence-electron chi connectivity index (χ2n) is 7.75. The van der Waals surface area contributed by atoms with Crippen LogP contribution in [0.2, 0.25) is 0 Å². The van der Waals surface area contributed by atoms with Gasteiger partial charge in [0.15, 0.2) is 0 Å². The SMILES string of the molecule is CNCc1cc(-c2sc3c(c2C(=O)O)CC(C)(C)CC3)ccc1OC(F)(F)F. The fraction of sp³-hybridized carbons (Fsp3) is 0.450. The summed E-state index contributed by atoms with van der Waals surface area (Å²) in [6.07, 6.45) is -2.32. The van der Waals surface area contributed by atoms with Gasteiger partial charge in [0.05, 0.1) is 5.56 Å². The van der Waals surface area contributed by atoms with E-state index in [2.05, 4.69) is 23.9 Å². The highest BCUT2D eigenvalue weighted by atomic mass is 32.1. The zero-order valence-electron chi connectivity index (χ0n) is 15.9. The van der Waals surface area contributed by atoms with Crippen molar-refractivity contribution in [3.63, 3.8) is 0 Å². The number of carboxylic acid groups (broad SMARTS) is 1. The fourth-order valence-electron chi connectivity index (χ4n) is 3.62. The van der Waals surface area contributed by atoms with Gasteiger partial charge in [0.2, 0.25) is 0 Å².